The summed E-state index contributed by atoms with van der Waals surface area (Å²) in [4.78, 5) is 25.6. The van der Waals surface area contributed by atoms with Crippen molar-refractivity contribution in [2.24, 2.45) is 0 Å². The fourth-order valence-electron chi connectivity index (χ4n) is 3.03. The van der Waals surface area contributed by atoms with Crippen LogP contribution in [0, 0.1) is 0 Å². The van der Waals surface area contributed by atoms with E-state index in [-0.39, 0.29) is 5.30 Å². The molecule has 3 N–H and O–H groups in total. The Bertz CT molecular complexity index is 919. The van der Waals surface area contributed by atoms with Gasteiger partial charge in [-0.3, -0.25) is 9.36 Å². The second-order valence-corrected chi connectivity index (χ2v) is 8.35. The highest BCUT2D eigenvalue weighted by molar-refractivity contribution is 7.67. The van der Waals surface area contributed by atoms with Gasteiger partial charge in [-0.25, -0.2) is 0 Å². The molecule has 3 atom stereocenters. The minimum absolute atomic E-state index is 0.271. The van der Waals surface area contributed by atoms with Crippen molar-refractivity contribution in [2.75, 3.05) is 0 Å². The summed E-state index contributed by atoms with van der Waals surface area (Å²) in [7, 11) is -3.92. The quantitative estimate of drug-likeness (QED) is 0.620. The van der Waals surface area contributed by atoms with Gasteiger partial charge in [-0.05, 0) is 11.6 Å². The number of carboxylic acids is 1. The van der Waals surface area contributed by atoms with Crippen LogP contribution in [0.1, 0.15) is 18.4 Å². The summed E-state index contributed by atoms with van der Waals surface area (Å²) in [6, 6.07) is 15.8. The molecule has 0 saturated carbocycles. The Hall–Kier alpha value is -2.36. The van der Waals surface area contributed by atoms with Crippen LogP contribution in [0.5, 0.6) is 0 Å². The summed E-state index contributed by atoms with van der Waals surface area (Å²) in [5.41, 5.74) is 0.309. The molecule has 3 unspecified atom stereocenters. The van der Waals surface area contributed by atoms with Crippen molar-refractivity contribution < 1.29 is 19.4 Å². The number of nitrogens with one attached hydrogen (secondary N) is 1. The number of H-pyrrole nitrogens is 1. The topological polar surface area (TPSA) is 90.4 Å². The summed E-state index contributed by atoms with van der Waals surface area (Å²) in [5.74, 6) is -2.17. The van der Waals surface area contributed by atoms with Crippen LogP contribution < -0.4 is 5.30 Å². The number of aliphatic carboxylic acids is 1. The minimum atomic E-state index is -3.92. The van der Waals surface area contributed by atoms with Gasteiger partial charge < -0.3 is 15.0 Å². The first-order valence-electron chi connectivity index (χ1n) is 7.60. The number of para-hydroxylation sites is 1. The highest BCUT2D eigenvalue weighted by atomic mass is 31.2. The SMILES string of the molecule is CC(C(C(=O)O)c1ccccc1)P(=O)(O)c1c[nH]c2ccccc12. The molecule has 1 heterocycles. The second-order valence-electron chi connectivity index (χ2n) is 5.81. The van der Waals surface area contributed by atoms with Gasteiger partial charge in [-0.1, -0.05) is 55.5 Å². The molecule has 6 heteroatoms. The predicted octanol–water partition coefficient (Wildman–Crippen LogP) is 3.32. The molecule has 3 rings (SSSR count). The highest BCUT2D eigenvalue weighted by Gasteiger charge is 2.41. The zero-order valence-corrected chi connectivity index (χ0v) is 14.0. The summed E-state index contributed by atoms with van der Waals surface area (Å²) < 4.78 is 13.2. The normalized spacial score (nSPS) is 16.4. The van der Waals surface area contributed by atoms with Gasteiger partial charge in [0.15, 0.2) is 0 Å². The highest BCUT2D eigenvalue weighted by Crippen LogP contribution is 2.52. The van der Waals surface area contributed by atoms with Gasteiger partial charge in [0.2, 0.25) is 7.37 Å². The molecule has 5 nitrogen and oxygen atoms in total. The van der Waals surface area contributed by atoms with Crippen molar-refractivity contribution in [1.29, 1.82) is 0 Å². The van der Waals surface area contributed by atoms with E-state index in [0.29, 0.717) is 10.9 Å². The Morgan fingerprint density at radius 3 is 2.38 bits per heavy atom. The van der Waals surface area contributed by atoms with Crippen molar-refractivity contribution in [3.63, 3.8) is 0 Å². The van der Waals surface area contributed by atoms with E-state index in [1.54, 1.807) is 42.5 Å². The van der Waals surface area contributed by atoms with Gasteiger partial charge >= 0.3 is 5.97 Å². The van der Waals surface area contributed by atoms with Gasteiger partial charge in [0.1, 0.15) is 0 Å². The Labute approximate surface area is 139 Å². The molecule has 0 saturated heterocycles. The molecule has 2 aromatic carbocycles. The van der Waals surface area contributed by atoms with Crippen LogP contribution in [0.3, 0.4) is 0 Å². The monoisotopic (exact) mass is 343 g/mol. The average Bonchev–Trinajstić information content (AvgIpc) is 3.00. The molecule has 0 aliphatic rings. The van der Waals surface area contributed by atoms with E-state index in [4.69, 9.17) is 0 Å². The third-order valence-electron chi connectivity index (χ3n) is 4.37. The smallest absolute Gasteiger partial charge is 0.311 e. The van der Waals surface area contributed by atoms with Crippen molar-refractivity contribution in [2.45, 2.75) is 18.5 Å². The van der Waals surface area contributed by atoms with Gasteiger partial charge in [-0.15, -0.1) is 0 Å². The first-order valence-corrected chi connectivity index (χ1v) is 9.32. The Balaban J connectivity index is 2.07. The van der Waals surface area contributed by atoms with E-state index in [9.17, 15) is 19.4 Å². The summed E-state index contributed by atoms with van der Waals surface area (Å²) in [5, 5.41) is 10.5. The molecule has 0 fully saturated rings. The lowest BCUT2D eigenvalue weighted by molar-refractivity contribution is -0.138. The van der Waals surface area contributed by atoms with Crippen LogP contribution in [0.2, 0.25) is 0 Å². The zero-order valence-electron chi connectivity index (χ0n) is 13.1. The van der Waals surface area contributed by atoms with Crippen molar-refractivity contribution in [1.82, 2.24) is 4.98 Å². The molecule has 0 bridgehead atoms. The van der Waals surface area contributed by atoms with Crippen LogP contribution in [0.15, 0.2) is 60.8 Å². The molecule has 1 aromatic heterocycles. The van der Waals surface area contributed by atoms with E-state index >= 15 is 0 Å². The number of fused-ring (bicyclic) bond motifs is 1. The third-order valence-corrected chi connectivity index (χ3v) is 6.83. The molecule has 0 aliphatic carbocycles. The van der Waals surface area contributed by atoms with Gasteiger partial charge in [-0.2, -0.15) is 0 Å². The first kappa shape index (κ1) is 16.5. The molecular weight excluding hydrogens is 325 g/mol. The van der Waals surface area contributed by atoms with Gasteiger partial charge in [0.05, 0.1) is 16.9 Å². The zero-order chi connectivity index (χ0) is 17.3. The number of aromatic amines is 1. The molecule has 0 aliphatic heterocycles. The number of benzene rings is 2. The molecule has 124 valence electrons. The van der Waals surface area contributed by atoms with Gasteiger partial charge in [0.25, 0.3) is 0 Å². The van der Waals surface area contributed by atoms with Crippen molar-refractivity contribution in [3.05, 3.63) is 66.4 Å². The maximum atomic E-state index is 13.2. The number of aromatic nitrogens is 1. The van der Waals surface area contributed by atoms with Crippen LogP contribution in [0.4, 0.5) is 0 Å². The van der Waals surface area contributed by atoms with E-state index < -0.39 is 24.9 Å². The molecular formula is C18H18NO4P. The van der Waals surface area contributed by atoms with Crippen molar-refractivity contribution >= 4 is 29.5 Å². The maximum absolute atomic E-state index is 13.2. The fraction of sp³-hybridized carbons (Fsp3) is 0.167. The second kappa shape index (κ2) is 6.27. The maximum Gasteiger partial charge on any atom is 0.311 e. The lowest BCUT2D eigenvalue weighted by atomic mass is 9.96. The van der Waals surface area contributed by atoms with Crippen molar-refractivity contribution in [3.8, 4) is 0 Å². The Morgan fingerprint density at radius 2 is 1.71 bits per heavy atom. The molecule has 0 radical (unpaired) electrons. The van der Waals surface area contributed by atoms with Crippen LogP contribution in [-0.2, 0) is 9.36 Å². The molecule has 3 aromatic rings. The van der Waals surface area contributed by atoms with Crippen LogP contribution >= 0.6 is 7.37 Å². The van der Waals surface area contributed by atoms with E-state index in [1.807, 2.05) is 12.1 Å². The standard InChI is InChI=1S/C18H18NO4P/c1-12(17(18(20)21)13-7-3-2-4-8-13)24(22,23)16-11-19-15-10-6-5-9-14(15)16/h2-12,17,19H,1H3,(H,20,21)(H,22,23). The van der Waals surface area contributed by atoms with E-state index in [0.717, 1.165) is 5.52 Å². The molecule has 0 spiro atoms. The minimum Gasteiger partial charge on any atom is -0.481 e. The van der Waals surface area contributed by atoms with Crippen LogP contribution in [-0.4, -0.2) is 26.6 Å². The van der Waals surface area contributed by atoms with E-state index in [1.165, 1.54) is 13.1 Å². The average molecular weight is 343 g/mol. The van der Waals surface area contributed by atoms with Crippen LogP contribution in [0.25, 0.3) is 10.9 Å². The number of hydrogen-bond donors (Lipinski definition) is 3. The molecule has 24 heavy (non-hydrogen) atoms. The Kier molecular flexibility index (Phi) is 4.31. The largest absolute Gasteiger partial charge is 0.481 e. The number of hydrogen-bond acceptors (Lipinski definition) is 2. The number of rotatable bonds is 5. The van der Waals surface area contributed by atoms with Gasteiger partial charge in [0, 0.05) is 17.1 Å². The summed E-state index contributed by atoms with van der Waals surface area (Å²) in [6.07, 6.45) is 1.51. The predicted molar refractivity (Wildman–Crippen MR) is 94.0 cm³/mol. The first-order chi connectivity index (χ1) is 11.4. The summed E-state index contributed by atoms with van der Waals surface area (Å²) >= 11 is 0. The fourth-order valence-corrected chi connectivity index (χ4v) is 4.96. The number of carboxylic acid groups (broad SMARTS) is 1. The summed E-state index contributed by atoms with van der Waals surface area (Å²) in [6.45, 7) is 1.52. The third kappa shape index (κ3) is 2.77. The lowest BCUT2D eigenvalue weighted by Crippen LogP contribution is -2.27. The number of carbonyl (C=O) groups is 1. The molecule has 0 amide bonds. The Morgan fingerprint density at radius 1 is 1.08 bits per heavy atom. The lowest BCUT2D eigenvalue weighted by Gasteiger charge is -2.25. The van der Waals surface area contributed by atoms with E-state index in [2.05, 4.69) is 4.98 Å².